The molecule has 1 heterocycles. The van der Waals surface area contributed by atoms with Crippen molar-refractivity contribution >= 4 is 11.8 Å². The molecule has 1 aliphatic heterocycles. The van der Waals surface area contributed by atoms with Crippen molar-refractivity contribution in [3.8, 4) is 0 Å². The maximum atomic E-state index is 5.57. The number of fused-ring (bicyclic) bond motifs is 1. The van der Waals surface area contributed by atoms with Gasteiger partial charge < -0.3 is 5.73 Å². The van der Waals surface area contributed by atoms with Gasteiger partial charge in [0.1, 0.15) is 0 Å². The molecule has 0 fully saturated rings. The Kier molecular flexibility index (Phi) is 4.27. The zero-order valence-corrected chi connectivity index (χ0v) is 10.7. The quantitative estimate of drug-likeness (QED) is 0.871. The van der Waals surface area contributed by atoms with Crippen LogP contribution in [0.25, 0.3) is 0 Å². The molecule has 2 N–H and O–H groups in total. The number of benzene rings is 1. The van der Waals surface area contributed by atoms with Gasteiger partial charge in [0, 0.05) is 10.9 Å². The van der Waals surface area contributed by atoms with Crippen molar-refractivity contribution < 1.29 is 0 Å². The molecule has 16 heavy (non-hydrogen) atoms. The minimum atomic E-state index is 0.587. The number of thioether (sulfide) groups is 1. The molecule has 0 saturated heterocycles. The van der Waals surface area contributed by atoms with Gasteiger partial charge in [-0.15, -0.1) is 11.8 Å². The van der Waals surface area contributed by atoms with E-state index in [1.54, 1.807) is 0 Å². The number of nitrogens with zero attached hydrogens (tertiary/aromatic N) is 1. The van der Waals surface area contributed by atoms with E-state index in [9.17, 15) is 0 Å². The molecule has 0 bridgehead atoms. The fourth-order valence-electron chi connectivity index (χ4n) is 2.28. The summed E-state index contributed by atoms with van der Waals surface area (Å²) in [7, 11) is 2.22. The monoisotopic (exact) mass is 236 g/mol. The molecular weight excluding hydrogens is 216 g/mol. The zero-order chi connectivity index (χ0) is 11.4. The van der Waals surface area contributed by atoms with Crippen molar-refractivity contribution in [3.63, 3.8) is 0 Å². The van der Waals surface area contributed by atoms with Crippen molar-refractivity contribution in [2.45, 2.75) is 23.8 Å². The molecule has 0 saturated carbocycles. The summed E-state index contributed by atoms with van der Waals surface area (Å²) in [6.07, 6.45) is 2.34. The van der Waals surface area contributed by atoms with Gasteiger partial charge in [-0.25, -0.2) is 0 Å². The highest BCUT2D eigenvalue weighted by Crippen LogP contribution is 2.38. The van der Waals surface area contributed by atoms with Crippen LogP contribution in [0.2, 0.25) is 0 Å². The topological polar surface area (TPSA) is 29.3 Å². The van der Waals surface area contributed by atoms with E-state index in [1.165, 1.54) is 22.6 Å². The molecule has 2 rings (SSSR count). The van der Waals surface area contributed by atoms with Crippen molar-refractivity contribution in [3.05, 3.63) is 29.8 Å². The van der Waals surface area contributed by atoms with E-state index in [-0.39, 0.29) is 0 Å². The van der Waals surface area contributed by atoms with Crippen LogP contribution in [0.5, 0.6) is 0 Å². The van der Waals surface area contributed by atoms with Crippen LogP contribution in [-0.2, 0) is 0 Å². The van der Waals surface area contributed by atoms with E-state index >= 15 is 0 Å². The summed E-state index contributed by atoms with van der Waals surface area (Å²) in [5.41, 5.74) is 7.07. The first-order valence-electron chi connectivity index (χ1n) is 5.95. The van der Waals surface area contributed by atoms with Crippen LogP contribution < -0.4 is 5.73 Å². The third kappa shape index (κ3) is 2.59. The van der Waals surface area contributed by atoms with Crippen LogP contribution in [0.1, 0.15) is 24.4 Å². The summed E-state index contributed by atoms with van der Waals surface area (Å²) in [4.78, 5) is 3.91. The third-order valence-electron chi connectivity index (χ3n) is 3.17. The van der Waals surface area contributed by atoms with Gasteiger partial charge in [-0.3, -0.25) is 4.90 Å². The van der Waals surface area contributed by atoms with E-state index in [4.69, 9.17) is 5.73 Å². The van der Waals surface area contributed by atoms with Gasteiger partial charge in [0.05, 0.1) is 0 Å². The van der Waals surface area contributed by atoms with Gasteiger partial charge in [0.15, 0.2) is 0 Å². The molecule has 1 atom stereocenters. The first kappa shape index (κ1) is 12.0. The van der Waals surface area contributed by atoms with E-state index in [0.717, 1.165) is 19.5 Å². The zero-order valence-electron chi connectivity index (χ0n) is 9.86. The predicted molar refractivity (Wildman–Crippen MR) is 70.8 cm³/mol. The summed E-state index contributed by atoms with van der Waals surface area (Å²) >= 11 is 1.98. The Morgan fingerprint density at radius 2 is 2.25 bits per heavy atom. The standard InChI is InChI=1S/C13H20N2S/c1-15(9-4-8-14)12-7-10-16-13-6-3-2-5-11(12)13/h2-3,5-6,12H,4,7-10,14H2,1H3. The Morgan fingerprint density at radius 1 is 1.44 bits per heavy atom. The summed E-state index contributed by atoms with van der Waals surface area (Å²) < 4.78 is 0. The predicted octanol–water partition coefficient (Wildman–Crippen LogP) is 2.50. The Balaban J connectivity index is 2.12. The van der Waals surface area contributed by atoms with Crippen LogP contribution in [0.4, 0.5) is 0 Å². The van der Waals surface area contributed by atoms with Crippen LogP contribution >= 0.6 is 11.8 Å². The normalized spacial score (nSPS) is 19.8. The summed E-state index contributed by atoms with van der Waals surface area (Å²) in [6, 6.07) is 9.38. The van der Waals surface area contributed by atoms with Crippen molar-refractivity contribution in [2.24, 2.45) is 5.73 Å². The van der Waals surface area contributed by atoms with Crippen LogP contribution in [0, 0.1) is 0 Å². The first-order chi connectivity index (χ1) is 7.83. The van der Waals surface area contributed by atoms with Gasteiger partial charge in [-0.1, -0.05) is 18.2 Å². The SMILES string of the molecule is CN(CCCN)C1CCSc2ccccc21. The molecule has 1 unspecified atom stereocenters. The molecule has 2 nitrogen and oxygen atoms in total. The summed E-state index contributed by atoms with van der Waals surface area (Å²) in [5.74, 6) is 1.23. The van der Waals surface area contributed by atoms with Gasteiger partial charge in [0.2, 0.25) is 0 Å². The van der Waals surface area contributed by atoms with Gasteiger partial charge in [-0.2, -0.15) is 0 Å². The number of hydrogen-bond donors (Lipinski definition) is 1. The van der Waals surface area contributed by atoms with Gasteiger partial charge >= 0.3 is 0 Å². The minimum Gasteiger partial charge on any atom is -0.330 e. The number of hydrogen-bond acceptors (Lipinski definition) is 3. The Hall–Kier alpha value is -0.510. The largest absolute Gasteiger partial charge is 0.330 e. The molecule has 0 radical (unpaired) electrons. The van der Waals surface area contributed by atoms with Crippen LogP contribution in [-0.4, -0.2) is 30.8 Å². The fourth-order valence-corrected chi connectivity index (χ4v) is 3.38. The van der Waals surface area contributed by atoms with E-state index in [2.05, 4.69) is 36.2 Å². The van der Waals surface area contributed by atoms with Crippen molar-refractivity contribution in [2.75, 3.05) is 25.9 Å². The molecule has 1 aliphatic rings. The molecule has 0 spiro atoms. The number of nitrogens with two attached hydrogens (primary N) is 1. The van der Waals surface area contributed by atoms with Gasteiger partial charge in [0.25, 0.3) is 0 Å². The molecular formula is C13H20N2S. The lowest BCUT2D eigenvalue weighted by molar-refractivity contribution is 0.234. The lowest BCUT2D eigenvalue weighted by Gasteiger charge is -2.32. The highest BCUT2D eigenvalue weighted by molar-refractivity contribution is 7.99. The molecule has 0 aromatic heterocycles. The molecule has 1 aromatic carbocycles. The highest BCUT2D eigenvalue weighted by Gasteiger charge is 2.23. The second kappa shape index (κ2) is 5.71. The van der Waals surface area contributed by atoms with Crippen molar-refractivity contribution in [1.82, 2.24) is 4.90 Å². The second-order valence-corrected chi connectivity index (χ2v) is 5.45. The van der Waals surface area contributed by atoms with Crippen LogP contribution in [0.3, 0.4) is 0 Å². The fraction of sp³-hybridized carbons (Fsp3) is 0.538. The third-order valence-corrected chi connectivity index (χ3v) is 4.30. The molecule has 88 valence electrons. The maximum Gasteiger partial charge on any atom is 0.0364 e. The highest BCUT2D eigenvalue weighted by atomic mass is 32.2. The molecule has 0 aliphatic carbocycles. The Labute approximate surface area is 102 Å². The summed E-state index contributed by atoms with van der Waals surface area (Å²) in [5, 5.41) is 0. The average molecular weight is 236 g/mol. The van der Waals surface area contributed by atoms with E-state index in [0.29, 0.717) is 6.04 Å². The maximum absolute atomic E-state index is 5.57. The van der Waals surface area contributed by atoms with Crippen LogP contribution in [0.15, 0.2) is 29.2 Å². The first-order valence-corrected chi connectivity index (χ1v) is 6.93. The van der Waals surface area contributed by atoms with E-state index in [1.807, 2.05) is 11.8 Å². The molecule has 0 amide bonds. The smallest absolute Gasteiger partial charge is 0.0364 e. The van der Waals surface area contributed by atoms with E-state index < -0.39 is 0 Å². The number of rotatable bonds is 4. The summed E-state index contributed by atoms with van der Waals surface area (Å²) in [6.45, 7) is 1.88. The Bertz CT molecular complexity index is 340. The minimum absolute atomic E-state index is 0.587. The molecule has 3 heteroatoms. The molecule has 1 aromatic rings. The second-order valence-electron chi connectivity index (χ2n) is 4.31. The van der Waals surface area contributed by atoms with Crippen molar-refractivity contribution in [1.29, 1.82) is 0 Å². The average Bonchev–Trinajstić information content (AvgIpc) is 2.35. The Morgan fingerprint density at radius 3 is 3.06 bits per heavy atom. The van der Waals surface area contributed by atoms with Gasteiger partial charge in [-0.05, 0) is 50.4 Å². The lowest BCUT2D eigenvalue weighted by Crippen LogP contribution is -2.29. The lowest BCUT2D eigenvalue weighted by atomic mass is 10.0.